The normalized spacial score (nSPS) is 12.3. The lowest BCUT2D eigenvalue weighted by Crippen LogP contribution is -2.29. The number of rotatable bonds is 7. The number of hydrogen-bond acceptors (Lipinski definition) is 6. The zero-order valence-corrected chi connectivity index (χ0v) is 14.3. The van der Waals surface area contributed by atoms with Gasteiger partial charge in [0.2, 0.25) is 10.0 Å². The first-order valence-corrected chi connectivity index (χ1v) is 10.1. The summed E-state index contributed by atoms with van der Waals surface area (Å²) in [5.74, 6) is -0.0351. The van der Waals surface area contributed by atoms with Crippen molar-refractivity contribution in [3.8, 4) is 0 Å². The van der Waals surface area contributed by atoms with Crippen molar-refractivity contribution < 1.29 is 16.8 Å². The van der Waals surface area contributed by atoms with Gasteiger partial charge in [0.15, 0.2) is 0 Å². The summed E-state index contributed by atoms with van der Waals surface area (Å²) in [6.45, 7) is 2.15. The third-order valence-corrected chi connectivity index (χ3v) is 5.07. The summed E-state index contributed by atoms with van der Waals surface area (Å²) in [6, 6.07) is 1.41. The summed E-state index contributed by atoms with van der Waals surface area (Å²) in [4.78, 5) is 3.97. The standard InChI is InChI=1S/C10H16BrN3O4S2/c1-3-12-10-9(6-8(11)7-13-10)20(17,18)14-4-5-19(2,15)16/h6-7,14H,3-5H2,1-2H3,(H,12,13). The van der Waals surface area contributed by atoms with E-state index >= 15 is 0 Å². The molecule has 1 rings (SSSR count). The fraction of sp³-hybridized carbons (Fsp3) is 0.500. The Morgan fingerprint density at radius 1 is 1.30 bits per heavy atom. The molecule has 0 spiro atoms. The van der Waals surface area contributed by atoms with Gasteiger partial charge in [-0.1, -0.05) is 0 Å². The first-order chi connectivity index (χ1) is 9.15. The minimum atomic E-state index is -3.83. The van der Waals surface area contributed by atoms with Crippen LogP contribution in [0.4, 0.5) is 5.82 Å². The van der Waals surface area contributed by atoms with Crippen LogP contribution in [0.15, 0.2) is 21.6 Å². The fourth-order valence-corrected chi connectivity index (χ4v) is 3.64. The molecule has 1 aromatic heterocycles. The van der Waals surface area contributed by atoms with E-state index in [0.29, 0.717) is 11.0 Å². The third-order valence-electron chi connectivity index (χ3n) is 2.22. The molecule has 7 nitrogen and oxygen atoms in total. The highest BCUT2D eigenvalue weighted by atomic mass is 79.9. The Labute approximate surface area is 127 Å². The summed E-state index contributed by atoms with van der Waals surface area (Å²) in [5, 5.41) is 2.85. The number of hydrogen-bond donors (Lipinski definition) is 2. The van der Waals surface area contributed by atoms with Crippen molar-refractivity contribution in [2.75, 3.05) is 30.4 Å². The maximum atomic E-state index is 12.2. The summed E-state index contributed by atoms with van der Waals surface area (Å²) in [5.41, 5.74) is 0. The predicted octanol–water partition coefficient (Wildman–Crippen LogP) is 0.599. The highest BCUT2D eigenvalue weighted by Crippen LogP contribution is 2.22. The Morgan fingerprint density at radius 3 is 2.50 bits per heavy atom. The summed E-state index contributed by atoms with van der Waals surface area (Å²) in [7, 11) is -7.05. The van der Waals surface area contributed by atoms with Crippen LogP contribution in [0.2, 0.25) is 0 Å². The van der Waals surface area contributed by atoms with Crippen LogP contribution in [0.25, 0.3) is 0 Å². The van der Waals surface area contributed by atoms with Crippen LogP contribution in [-0.2, 0) is 19.9 Å². The van der Waals surface area contributed by atoms with Crippen molar-refractivity contribution >= 4 is 41.6 Å². The second kappa shape index (κ2) is 6.83. The average Bonchev–Trinajstić information content (AvgIpc) is 2.29. The third kappa shape index (κ3) is 5.35. The first kappa shape index (κ1) is 17.3. The summed E-state index contributed by atoms with van der Waals surface area (Å²) in [6.07, 6.45) is 2.53. The van der Waals surface area contributed by atoms with Gasteiger partial charge in [0, 0.05) is 30.0 Å². The molecule has 0 aliphatic rings. The van der Waals surface area contributed by atoms with Crippen molar-refractivity contribution in [3.63, 3.8) is 0 Å². The largest absolute Gasteiger partial charge is 0.369 e. The molecule has 0 atom stereocenters. The van der Waals surface area contributed by atoms with Crippen LogP contribution >= 0.6 is 15.9 Å². The lowest BCUT2D eigenvalue weighted by molar-refractivity contribution is 0.582. The Bertz CT molecular complexity index is 674. The molecular formula is C10H16BrN3O4S2. The Kier molecular flexibility index (Phi) is 5.92. The van der Waals surface area contributed by atoms with E-state index in [1.807, 2.05) is 6.92 Å². The van der Waals surface area contributed by atoms with Crippen molar-refractivity contribution in [1.82, 2.24) is 9.71 Å². The summed E-state index contributed by atoms with van der Waals surface area (Å²) >= 11 is 3.16. The number of aromatic nitrogens is 1. The number of halogens is 1. The van der Waals surface area contributed by atoms with Crippen molar-refractivity contribution in [1.29, 1.82) is 0 Å². The van der Waals surface area contributed by atoms with Crippen molar-refractivity contribution in [3.05, 3.63) is 16.7 Å². The van der Waals surface area contributed by atoms with E-state index in [9.17, 15) is 16.8 Å². The lowest BCUT2D eigenvalue weighted by atomic mass is 10.4. The molecule has 20 heavy (non-hydrogen) atoms. The van der Waals surface area contributed by atoms with Crippen LogP contribution in [0, 0.1) is 0 Å². The maximum Gasteiger partial charge on any atom is 0.244 e. The van der Waals surface area contributed by atoms with Gasteiger partial charge in [-0.15, -0.1) is 0 Å². The van der Waals surface area contributed by atoms with Crippen molar-refractivity contribution in [2.45, 2.75) is 11.8 Å². The second-order valence-corrected chi connectivity index (χ2v) is 8.97. The fourth-order valence-electron chi connectivity index (χ4n) is 1.36. The molecule has 0 saturated carbocycles. The second-order valence-electron chi connectivity index (χ2n) is 4.06. The van der Waals surface area contributed by atoms with Gasteiger partial charge >= 0.3 is 0 Å². The van der Waals surface area contributed by atoms with E-state index in [0.717, 1.165) is 6.26 Å². The molecule has 10 heteroatoms. The molecule has 0 aliphatic carbocycles. The quantitative estimate of drug-likeness (QED) is 0.711. The SMILES string of the molecule is CCNc1ncc(Br)cc1S(=O)(=O)NCCS(C)(=O)=O. The number of pyridine rings is 1. The monoisotopic (exact) mass is 385 g/mol. The number of sulfone groups is 1. The topological polar surface area (TPSA) is 105 Å². The lowest BCUT2D eigenvalue weighted by Gasteiger charge is -2.11. The molecule has 0 aliphatic heterocycles. The Hall–Kier alpha value is -0.710. The van der Waals surface area contributed by atoms with E-state index in [4.69, 9.17) is 0 Å². The van der Waals surface area contributed by atoms with E-state index < -0.39 is 19.9 Å². The van der Waals surface area contributed by atoms with Crippen LogP contribution in [0.1, 0.15) is 6.92 Å². The molecule has 114 valence electrons. The molecule has 2 N–H and O–H groups in total. The molecule has 0 amide bonds. The molecule has 0 aromatic carbocycles. The van der Waals surface area contributed by atoms with E-state index in [-0.39, 0.29) is 23.0 Å². The zero-order chi connectivity index (χ0) is 15.4. The molecule has 1 heterocycles. The predicted molar refractivity (Wildman–Crippen MR) is 81.0 cm³/mol. The van der Waals surface area contributed by atoms with Gasteiger partial charge in [0.1, 0.15) is 20.6 Å². The van der Waals surface area contributed by atoms with Gasteiger partial charge in [0.25, 0.3) is 0 Å². The van der Waals surface area contributed by atoms with Crippen LogP contribution in [0.5, 0.6) is 0 Å². The van der Waals surface area contributed by atoms with Gasteiger partial charge < -0.3 is 5.32 Å². The number of nitrogens with zero attached hydrogens (tertiary/aromatic N) is 1. The molecule has 0 saturated heterocycles. The van der Waals surface area contributed by atoms with E-state index in [2.05, 4.69) is 31.0 Å². The maximum absolute atomic E-state index is 12.2. The van der Waals surface area contributed by atoms with Crippen LogP contribution in [-0.4, -0.2) is 46.9 Å². The zero-order valence-electron chi connectivity index (χ0n) is 11.1. The average molecular weight is 386 g/mol. The Morgan fingerprint density at radius 2 is 1.95 bits per heavy atom. The Balaban J connectivity index is 2.99. The minimum absolute atomic E-state index is 0.0257. The van der Waals surface area contributed by atoms with Crippen LogP contribution in [0.3, 0.4) is 0 Å². The smallest absolute Gasteiger partial charge is 0.244 e. The number of anilines is 1. The van der Waals surface area contributed by atoms with E-state index in [1.54, 1.807) is 0 Å². The number of sulfonamides is 1. The molecular weight excluding hydrogens is 370 g/mol. The van der Waals surface area contributed by atoms with E-state index in [1.165, 1.54) is 12.3 Å². The van der Waals surface area contributed by atoms with Crippen molar-refractivity contribution in [2.24, 2.45) is 0 Å². The first-order valence-electron chi connectivity index (χ1n) is 5.72. The van der Waals surface area contributed by atoms with Crippen LogP contribution < -0.4 is 10.0 Å². The summed E-state index contributed by atoms with van der Waals surface area (Å²) < 4.78 is 49.1. The van der Waals surface area contributed by atoms with Gasteiger partial charge in [-0.05, 0) is 28.9 Å². The minimum Gasteiger partial charge on any atom is -0.369 e. The molecule has 0 unspecified atom stereocenters. The van der Waals surface area contributed by atoms with Gasteiger partial charge in [0.05, 0.1) is 5.75 Å². The molecule has 0 bridgehead atoms. The molecule has 1 aromatic rings. The molecule has 0 radical (unpaired) electrons. The highest BCUT2D eigenvalue weighted by molar-refractivity contribution is 9.10. The van der Waals surface area contributed by atoms with Gasteiger partial charge in [-0.25, -0.2) is 26.5 Å². The highest BCUT2D eigenvalue weighted by Gasteiger charge is 2.20. The number of nitrogens with one attached hydrogen (secondary N) is 2. The molecule has 0 fully saturated rings. The van der Waals surface area contributed by atoms with Gasteiger partial charge in [-0.3, -0.25) is 0 Å². The van der Waals surface area contributed by atoms with Gasteiger partial charge in [-0.2, -0.15) is 0 Å².